The molecule has 0 unspecified atom stereocenters. The SMILES string of the molecule is CCOc1ccc(C)cc1NC(=O)c1cc(N)ccc1Cl. The van der Waals surface area contributed by atoms with Crippen molar-refractivity contribution in [1.29, 1.82) is 0 Å². The Labute approximate surface area is 128 Å². The number of halogens is 1. The highest BCUT2D eigenvalue weighted by atomic mass is 35.5. The standard InChI is InChI=1S/C16H17ClN2O2/c1-3-21-15-7-4-10(2)8-14(15)19-16(20)12-9-11(18)5-6-13(12)17/h4-9H,3,18H2,1-2H3,(H,19,20). The van der Waals surface area contributed by atoms with E-state index in [-0.39, 0.29) is 5.91 Å². The van der Waals surface area contributed by atoms with Gasteiger partial charge in [-0.3, -0.25) is 4.79 Å². The predicted molar refractivity (Wildman–Crippen MR) is 86.2 cm³/mol. The molecule has 0 saturated carbocycles. The van der Waals surface area contributed by atoms with Crippen molar-refractivity contribution in [3.63, 3.8) is 0 Å². The molecule has 0 fully saturated rings. The van der Waals surface area contributed by atoms with Crippen LogP contribution in [0.5, 0.6) is 5.75 Å². The normalized spacial score (nSPS) is 10.2. The van der Waals surface area contributed by atoms with Crippen molar-refractivity contribution in [3.8, 4) is 5.75 Å². The molecule has 2 aromatic carbocycles. The van der Waals surface area contributed by atoms with Crippen LogP contribution in [-0.2, 0) is 0 Å². The summed E-state index contributed by atoms with van der Waals surface area (Å²) in [6, 6.07) is 10.4. The highest BCUT2D eigenvalue weighted by Crippen LogP contribution is 2.27. The maximum atomic E-state index is 12.3. The van der Waals surface area contributed by atoms with Gasteiger partial charge in [-0.25, -0.2) is 0 Å². The Hall–Kier alpha value is -2.20. The molecular weight excluding hydrogens is 288 g/mol. The van der Waals surface area contributed by atoms with Gasteiger partial charge in [0.1, 0.15) is 5.75 Å². The summed E-state index contributed by atoms with van der Waals surface area (Å²) >= 11 is 6.04. The van der Waals surface area contributed by atoms with E-state index in [4.69, 9.17) is 22.1 Å². The maximum absolute atomic E-state index is 12.3. The summed E-state index contributed by atoms with van der Waals surface area (Å²) in [5.41, 5.74) is 8.15. The number of ether oxygens (including phenoxy) is 1. The average Bonchev–Trinajstić information content (AvgIpc) is 2.44. The Kier molecular flexibility index (Phi) is 4.70. The van der Waals surface area contributed by atoms with E-state index in [0.717, 1.165) is 5.56 Å². The lowest BCUT2D eigenvalue weighted by molar-refractivity contribution is 0.102. The van der Waals surface area contributed by atoms with Crippen molar-refractivity contribution in [1.82, 2.24) is 0 Å². The highest BCUT2D eigenvalue weighted by molar-refractivity contribution is 6.34. The van der Waals surface area contributed by atoms with Crippen LogP contribution in [0, 0.1) is 6.92 Å². The molecule has 1 amide bonds. The fourth-order valence-corrected chi connectivity index (χ4v) is 2.13. The van der Waals surface area contributed by atoms with Gasteiger partial charge in [0.15, 0.2) is 0 Å². The lowest BCUT2D eigenvalue weighted by Gasteiger charge is -2.13. The number of aryl methyl sites for hydroxylation is 1. The molecule has 21 heavy (non-hydrogen) atoms. The summed E-state index contributed by atoms with van der Waals surface area (Å²) in [6.45, 7) is 4.35. The van der Waals surface area contributed by atoms with Gasteiger partial charge in [0.2, 0.25) is 0 Å². The quantitative estimate of drug-likeness (QED) is 0.842. The second-order valence-electron chi connectivity index (χ2n) is 4.63. The Balaban J connectivity index is 2.31. The van der Waals surface area contributed by atoms with Crippen LogP contribution in [0.15, 0.2) is 36.4 Å². The number of rotatable bonds is 4. The summed E-state index contributed by atoms with van der Waals surface area (Å²) in [6.07, 6.45) is 0. The molecule has 0 radical (unpaired) electrons. The van der Waals surface area contributed by atoms with E-state index in [2.05, 4.69) is 5.32 Å². The molecule has 0 aliphatic heterocycles. The Morgan fingerprint density at radius 3 is 2.76 bits per heavy atom. The number of benzene rings is 2. The van der Waals surface area contributed by atoms with E-state index < -0.39 is 0 Å². The van der Waals surface area contributed by atoms with Crippen molar-refractivity contribution >= 4 is 28.9 Å². The number of nitrogens with one attached hydrogen (secondary N) is 1. The number of hydrogen-bond donors (Lipinski definition) is 2. The number of carbonyl (C=O) groups excluding carboxylic acids is 1. The van der Waals surface area contributed by atoms with Crippen molar-refractivity contribution in [3.05, 3.63) is 52.5 Å². The van der Waals surface area contributed by atoms with Gasteiger partial charge in [-0.1, -0.05) is 17.7 Å². The smallest absolute Gasteiger partial charge is 0.257 e. The molecule has 5 heteroatoms. The molecule has 2 rings (SSSR count). The molecule has 2 aromatic rings. The van der Waals surface area contributed by atoms with Gasteiger partial charge < -0.3 is 15.8 Å². The molecule has 110 valence electrons. The number of nitrogen functional groups attached to an aromatic ring is 1. The molecule has 3 N–H and O–H groups in total. The summed E-state index contributed by atoms with van der Waals surface area (Å²) < 4.78 is 5.51. The first-order chi connectivity index (χ1) is 10.0. The van der Waals surface area contributed by atoms with Crippen LogP contribution in [0.1, 0.15) is 22.8 Å². The zero-order valence-corrected chi connectivity index (χ0v) is 12.7. The topological polar surface area (TPSA) is 64.3 Å². The van der Waals surface area contributed by atoms with E-state index >= 15 is 0 Å². The maximum Gasteiger partial charge on any atom is 0.257 e. The lowest BCUT2D eigenvalue weighted by atomic mass is 10.1. The van der Waals surface area contributed by atoms with Gasteiger partial charge in [0.05, 0.1) is 22.9 Å². The Morgan fingerprint density at radius 2 is 2.05 bits per heavy atom. The predicted octanol–water partition coefficient (Wildman–Crippen LogP) is 3.88. The van der Waals surface area contributed by atoms with Crippen molar-refractivity contribution in [2.24, 2.45) is 0 Å². The van der Waals surface area contributed by atoms with E-state index in [1.807, 2.05) is 32.0 Å². The molecule has 0 aromatic heterocycles. The van der Waals surface area contributed by atoms with E-state index in [1.165, 1.54) is 0 Å². The number of amides is 1. The van der Waals surface area contributed by atoms with Crippen LogP contribution in [0.25, 0.3) is 0 Å². The highest BCUT2D eigenvalue weighted by Gasteiger charge is 2.13. The fraction of sp³-hybridized carbons (Fsp3) is 0.188. The Morgan fingerprint density at radius 1 is 1.29 bits per heavy atom. The third-order valence-electron chi connectivity index (χ3n) is 2.92. The molecule has 0 spiro atoms. The van der Waals surface area contributed by atoms with Crippen molar-refractivity contribution in [2.45, 2.75) is 13.8 Å². The van der Waals surface area contributed by atoms with E-state index in [9.17, 15) is 4.79 Å². The van der Waals surface area contributed by atoms with Gasteiger partial charge in [0, 0.05) is 5.69 Å². The second-order valence-corrected chi connectivity index (χ2v) is 5.03. The van der Waals surface area contributed by atoms with Crippen LogP contribution >= 0.6 is 11.6 Å². The molecule has 4 nitrogen and oxygen atoms in total. The number of nitrogens with two attached hydrogens (primary N) is 1. The number of carbonyl (C=O) groups is 1. The fourth-order valence-electron chi connectivity index (χ4n) is 1.93. The largest absolute Gasteiger partial charge is 0.492 e. The van der Waals surface area contributed by atoms with E-state index in [0.29, 0.717) is 34.3 Å². The third kappa shape index (κ3) is 3.67. The van der Waals surface area contributed by atoms with Crippen LogP contribution in [0.4, 0.5) is 11.4 Å². The van der Waals surface area contributed by atoms with Crippen LogP contribution in [0.3, 0.4) is 0 Å². The molecule has 0 heterocycles. The number of anilines is 2. The summed E-state index contributed by atoms with van der Waals surface area (Å²) in [5.74, 6) is 0.301. The van der Waals surface area contributed by atoms with E-state index in [1.54, 1.807) is 18.2 Å². The molecule has 0 saturated heterocycles. The summed E-state index contributed by atoms with van der Waals surface area (Å²) in [4.78, 5) is 12.3. The average molecular weight is 305 g/mol. The van der Waals surface area contributed by atoms with Crippen LogP contribution < -0.4 is 15.8 Å². The minimum Gasteiger partial charge on any atom is -0.492 e. The Bertz CT molecular complexity index is 671. The second kappa shape index (κ2) is 6.50. The van der Waals surface area contributed by atoms with Gasteiger partial charge in [-0.2, -0.15) is 0 Å². The zero-order chi connectivity index (χ0) is 15.4. The molecule has 0 aliphatic rings. The minimum atomic E-state index is -0.321. The van der Waals surface area contributed by atoms with Gasteiger partial charge in [-0.05, 0) is 49.7 Å². The van der Waals surface area contributed by atoms with Crippen LogP contribution in [0.2, 0.25) is 5.02 Å². The monoisotopic (exact) mass is 304 g/mol. The van der Waals surface area contributed by atoms with Gasteiger partial charge in [0.25, 0.3) is 5.91 Å². The lowest BCUT2D eigenvalue weighted by Crippen LogP contribution is -2.14. The third-order valence-corrected chi connectivity index (χ3v) is 3.25. The minimum absolute atomic E-state index is 0.321. The number of hydrogen-bond acceptors (Lipinski definition) is 3. The molecule has 0 aliphatic carbocycles. The molecule has 0 bridgehead atoms. The summed E-state index contributed by atoms with van der Waals surface area (Å²) in [5, 5.41) is 3.17. The summed E-state index contributed by atoms with van der Waals surface area (Å²) in [7, 11) is 0. The molecule has 0 atom stereocenters. The first-order valence-electron chi connectivity index (χ1n) is 6.61. The molecular formula is C16H17ClN2O2. The zero-order valence-electron chi connectivity index (χ0n) is 11.9. The van der Waals surface area contributed by atoms with Gasteiger partial charge >= 0.3 is 0 Å². The van der Waals surface area contributed by atoms with Crippen molar-refractivity contribution < 1.29 is 9.53 Å². The van der Waals surface area contributed by atoms with Crippen molar-refractivity contribution in [2.75, 3.05) is 17.7 Å². The van der Waals surface area contributed by atoms with Gasteiger partial charge in [-0.15, -0.1) is 0 Å². The first kappa shape index (κ1) is 15.2. The van der Waals surface area contributed by atoms with Crippen LogP contribution in [-0.4, -0.2) is 12.5 Å². The first-order valence-corrected chi connectivity index (χ1v) is 6.99.